The first-order valence-electron chi connectivity index (χ1n) is 23.9. The molecule has 0 bridgehead atoms. The lowest BCUT2D eigenvalue weighted by Gasteiger charge is -2.02. The maximum Gasteiger partial charge on any atom is 0.132 e. The van der Waals surface area contributed by atoms with E-state index < -0.39 is 0 Å². The number of hydrogen-bond donors (Lipinski definition) is 0. The van der Waals surface area contributed by atoms with Gasteiger partial charge in [0.05, 0.1) is 0 Å². The maximum absolute atomic E-state index is 11.6. The number of Topliss-reactive ketones (excluding diaryl/α,β-unsaturated/α-hetero) is 3. The second-order valence-electron chi connectivity index (χ2n) is 16.9. The molecule has 304 valence electrons. The summed E-state index contributed by atoms with van der Waals surface area (Å²) in [6.45, 7) is 0. The highest BCUT2D eigenvalue weighted by Crippen LogP contribution is 2.17. The van der Waals surface area contributed by atoms with E-state index in [0.717, 1.165) is 77.0 Å². The first-order chi connectivity index (χ1) is 25.7. The van der Waals surface area contributed by atoms with Crippen molar-refractivity contribution in [2.24, 2.45) is 0 Å². The Kier molecular flexibility index (Phi) is 38.4. The predicted octanol–water partition coefficient (Wildman–Crippen LogP) is 16.4. The molecule has 0 atom stereocenters. The van der Waals surface area contributed by atoms with Crippen molar-refractivity contribution in [3.05, 3.63) is 12.2 Å². The molecule has 0 radical (unpaired) electrons. The van der Waals surface area contributed by atoms with Gasteiger partial charge in [-0.25, -0.2) is 0 Å². The van der Waals surface area contributed by atoms with Crippen molar-refractivity contribution in [1.29, 1.82) is 0 Å². The van der Waals surface area contributed by atoms with Gasteiger partial charge in [-0.15, -0.1) is 0 Å². The van der Waals surface area contributed by atoms with Gasteiger partial charge in [0.25, 0.3) is 0 Å². The normalized spacial score (nSPS) is 23.7. The Morgan fingerprint density at radius 2 is 0.327 bits per heavy atom. The molecule has 0 unspecified atom stereocenters. The lowest BCUT2D eigenvalue weighted by Crippen LogP contribution is -1.97. The summed E-state index contributed by atoms with van der Waals surface area (Å²) in [6.07, 6.45) is 59.7. The molecular formula is C49H90O3. The van der Waals surface area contributed by atoms with E-state index in [4.69, 9.17) is 0 Å². The lowest BCUT2D eigenvalue weighted by atomic mass is 10.0. The third kappa shape index (κ3) is 38.5. The van der Waals surface area contributed by atoms with Crippen LogP contribution in [0.1, 0.15) is 283 Å². The van der Waals surface area contributed by atoms with Gasteiger partial charge in [-0.3, -0.25) is 14.4 Å². The van der Waals surface area contributed by atoms with Gasteiger partial charge >= 0.3 is 0 Å². The van der Waals surface area contributed by atoms with Crippen LogP contribution in [0.2, 0.25) is 0 Å². The van der Waals surface area contributed by atoms with E-state index in [2.05, 4.69) is 12.2 Å². The van der Waals surface area contributed by atoms with Gasteiger partial charge in [0.15, 0.2) is 0 Å². The fraction of sp³-hybridized carbons (Fsp3) is 0.898. The SMILES string of the molecule is O=C1CCCCCC/C=C/CCCCCCCC1.O=C1CCCCCCCCCCCCCC1.O=C1CCCCCCCCCCCCCCCC1. The van der Waals surface area contributed by atoms with Crippen LogP contribution in [0.3, 0.4) is 0 Å². The Bertz CT molecular complexity index is 775. The molecule has 0 aromatic carbocycles. The highest BCUT2D eigenvalue weighted by atomic mass is 16.1. The molecule has 0 N–H and O–H groups in total. The van der Waals surface area contributed by atoms with Crippen LogP contribution in [0.5, 0.6) is 0 Å². The van der Waals surface area contributed by atoms with Crippen molar-refractivity contribution in [3.63, 3.8) is 0 Å². The molecular weight excluding hydrogens is 637 g/mol. The summed E-state index contributed by atoms with van der Waals surface area (Å²) in [5.74, 6) is 1.52. The smallest absolute Gasteiger partial charge is 0.132 e. The Hall–Kier alpha value is -1.25. The topological polar surface area (TPSA) is 51.2 Å². The van der Waals surface area contributed by atoms with E-state index in [-0.39, 0.29) is 0 Å². The monoisotopic (exact) mass is 727 g/mol. The second kappa shape index (κ2) is 40.9. The molecule has 0 amide bonds. The number of rotatable bonds is 0. The molecule has 0 aromatic rings. The Balaban J connectivity index is 0.000000391. The standard InChI is InChI=1S/C17H32O.C17H30O.C15H28O/c2*18-17-15-13-11-9-7-5-3-1-2-4-6-8-10-12-14-16-17;16-15-13-11-9-7-5-3-1-2-4-6-8-10-12-14-15/h1-16H2;1,3H,2,4-16H2;1-14H2/b;3-1+;. The minimum atomic E-state index is 0.499. The second-order valence-corrected chi connectivity index (χ2v) is 16.9. The van der Waals surface area contributed by atoms with Crippen molar-refractivity contribution >= 4 is 17.3 Å². The summed E-state index contributed by atoms with van der Waals surface area (Å²) in [7, 11) is 0. The van der Waals surface area contributed by atoms with Crippen LogP contribution in [0.25, 0.3) is 0 Å². The van der Waals surface area contributed by atoms with Gasteiger partial charge in [-0.1, -0.05) is 192 Å². The molecule has 52 heavy (non-hydrogen) atoms. The number of hydrogen-bond acceptors (Lipinski definition) is 3. The Labute approximate surface area is 325 Å². The van der Waals surface area contributed by atoms with Crippen LogP contribution < -0.4 is 0 Å². The van der Waals surface area contributed by atoms with Crippen LogP contribution in [-0.4, -0.2) is 17.3 Å². The molecule has 0 aromatic heterocycles. The molecule has 0 spiro atoms. The van der Waals surface area contributed by atoms with Crippen LogP contribution in [0.15, 0.2) is 12.2 Å². The average Bonchev–Trinajstić information content (AvgIpc) is 3.14. The van der Waals surface area contributed by atoms with Gasteiger partial charge < -0.3 is 0 Å². The first kappa shape index (κ1) is 48.8. The molecule has 2 fully saturated rings. The summed E-state index contributed by atoms with van der Waals surface area (Å²) in [6, 6.07) is 0. The Morgan fingerprint density at radius 1 is 0.192 bits per heavy atom. The highest BCUT2D eigenvalue weighted by molar-refractivity contribution is 5.78. The molecule has 3 nitrogen and oxygen atoms in total. The van der Waals surface area contributed by atoms with Crippen LogP contribution in [0.4, 0.5) is 0 Å². The molecule has 3 aliphatic rings. The Morgan fingerprint density at radius 3 is 0.500 bits per heavy atom. The van der Waals surface area contributed by atoms with E-state index in [1.165, 1.54) is 205 Å². The quantitative estimate of drug-likeness (QED) is 0.234. The van der Waals surface area contributed by atoms with E-state index in [1.54, 1.807) is 0 Å². The minimum absolute atomic E-state index is 0.499. The largest absolute Gasteiger partial charge is 0.300 e. The van der Waals surface area contributed by atoms with E-state index in [0.29, 0.717) is 17.3 Å². The number of ketones is 3. The van der Waals surface area contributed by atoms with Gasteiger partial charge in [0.2, 0.25) is 0 Å². The molecule has 0 heterocycles. The van der Waals surface area contributed by atoms with Gasteiger partial charge in [-0.05, 0) is 64.2 Å². The van der Waals surface area contributed by atoms with Crippen LogP contribution in [-0.2, 0) is 14.4 Å². The summed E-state index contributed by atoms with van der Waals surface area (Å²) < 4.78 is 0. The number of carbonyl (C=O) groups is 3. The molecule has 3 aliphatic carbocycles. The van der Waals surface area contributed by atoms with Crippen LogP contribution >= 0.6 is 0 Å². The molecule has 0 aliphatic heterocycles. The third-order valence-electron chi connectivity index (χ3n) is 11.6. The van der Waals surface area contributed by atoms with Crippen molar-refractivity contribution in [2.75, 3.05) is 0 Å². The molecule has 3 rings (SSSR count). The molecule has 2 saturated carbocycles. The van der Waals surface area contributed by atoms with Crippen molar-refractivity contribution in [3.8, 4) is 0 Å². The zero-order valence-corrected chi connectivity index (χ0v) is 35.0. The summed E-state index contributed by atoms with van der Waals surface area (Å²) in [4.78, 5) is 34.8. The maximum atomic E-state index is 11.6. The fourth-order valence-corrected chi connectivity index (χ4v) is 8.02. The average molecular weight is 727 g/mol. The first-order valence-corrected chi connectivity index (χ1v) is 23.9. The van der Waals surface area contributed by atoms with Crippen molar-refractivity contribution in [2.45, 2.75) is 283 Å². The van der Waals surface area contributed by atoms with E-state index in [9.17, 15) is 14.4 Å². The molecule has 3 heteroatoms. The summed E-state index contributed by atoms with van der Waals surface area (Å²) >= 11 is 0. The highest BCUT2D eigenvalue weighted by Gasteiger charge is 2.05. The van der Waals surface area contributed by atoms with Crippen molar-refractivity contribution in [1.82, 2.24) is 0 Å². The van der Waals surface area contributed by atoms with Gasteiger partial charge in [-0.2, -0.15) is 0 Å². The summed E-state index contributed by atoms with van der Waals surface area (Å²) in [5, 5.41) is 0. The van der Waals surface area contributed by atoms with E-state index in [1.807, 2.05) is 0 Å². The number of carbonyl (C=O) groups excluding carboxylic acids is 3. The zero-order chi connectivity index (χ0) is 37.3. The lowest BCUT2D eigenvalue weighted by molar-refractivity contribution is -0.120. The minimum Gasteiger partial charge on any atom is -0.300 e. The number of allylic oxidation sites excluding steroid dienone is 2. The molecule has 0 saturated heterocycles. The zero-order valence-electron chi connectivity index (χ0n) is 35.0. The van der Waals surface area contributed by atoms with Gasteiger partial charge in [0, 0.05) is 38.5 Å². The fourth-order valence-electron chi connectivity index (χ4n) is 8.02. The van der Waals surface area contributed by atoms with E-state index >= 15 is 0 Å². The van der Waals surface area contributed by atoms with Crippen molar-refractivity contribution < 1.29 is 14.4 Å². The van der Waals surface area contributed by atoms with Gasteiger partial charge in [0.1, 0.15) is 17.3 Å². The van der Waals surface area contributed by atoms with Crippen LogP contribution in [0, 0.1) is 0 Å². The summed E-state index contributed by atoms with van der Waals surface area (Å²) in [5.41, 5.74) is 0. The predicted molar refractivity (Wildman–Crippen MR) is 227 cm³/mol. The third-order valence-corrected chi connectivity index (χ3v) is 11.6.